The van der Waals surface area contributed by atoms with Crippen LogP contribution >= 0.6 is 23.2 Å². The minimum absolute atomic E-state index is 0.0678. The maximum absolute atomic E-state index is 12.7. The summed E-state index contributed by atoms with van der Waals surface area (Å²) in [5.74, 6) is -0.636. The summed E-state index contributed by atoms with van der Waals surface area (Å²) in [4.78, 5) is 33.1. The fraction of sp³-hybridized carbons (Fsp3) is 0. The number of halogens is 2. The molecular formula is C22H17Cl2N7O2. The second-order valence-electron chi connectivity index (χ2n) is 6.79. The topological polar surface area (TPSA) is 134 Å². The van der Waals surface area contributed by atoms with Crippen LogP contribution in [0.25, 0.3) is 10.8 Å². The Morgan fingerprint density at radius 2 is 1.42 bits per heavy atom. The molecule has 3 aromatic carbocycles. The first kappa shape index (κ1) is 22.1. The van der Waals surface area contributed by atoms with E-state index in [-0.39, 0.29) is 33.8 Å². The Labute approximate surface area is 198 Å². The van der Waals surface area contributed by atoms with Crippen LogP contribution < -0.4 is 27.4 Å². The number of carbonyl (C=O) groups excluding carboxylic acids is 2. The number of nitrogens with one attached hydrogen (secondary N) is 4. The molecule has 4 rings (SSSR count). The molecule has 0 aliphatic carbocycles. The number of aromatic nitrogens is 2. The van der Waals surface area contributed by atoms with E-state index in [0.717, 1.165) is 10.8 Å². The summed E-state index contributed by atoms with van der Waals surface area (Å²) in [5.41, 5.74) is 17.2. The molecule has 11 heteroatoms. The molecule has 0 unspecified atom stereocenters. The van der Waals surface area contributed by atoms with Crippen molar-refractivity contribution in [3.63, 3.8) is 0 Å². The molecule has 33 heavy (non-hydrogen) atoms. The van der Waals surface area contributed by atoms with Crippen molar-refractivity contribution < 1.29 is 9.59 Å². The van der Waals surface area contributed by atoms with E-state index < -0.39 is 5.91 Å². The second-order valence-corrected chi connectivity index (χ2v) is 7.64. The summed E-state index contributed by atoms with van der Waals surface area (Å²) in [6.07, 6.45) is 1.21. The molecule has 4 aromatic rings. The van der Waals surface area contributed by atoms with E-state index in [1.807, 2.05) is 30.3 Å². The lowest BCUT2D eigenvalue weighted by Gasteiger charge is -2.14. The molecule has 0 spiro atoms. The molecule has 0 saturated carbocycles. The molecule has 9 nitrogen and oxygen atoms in total. The van der Waals surface area contributed by atoms with Gasteiger partial charge in [-0.25, -0.2) is 9.97 Å². The zero-order valence-corrected chi connectivity index (χ0v) is 18.4. The number of anilines is 3. The van der Waals surface area contributed by atoms with E-state index in [2.05, 4.69) is 31.7 Å². The number of carbonyl (C=O) groups is 2. The molecular weight excluding hydrogens is 465 g/mol. The molecule has 0 bridgehead atoms. The quantitative estimate of drug-likeness (QED) is 0.262. The lowest BCUT2D eigenvalue weighted by molar-refractivity contribution is 0.0955. The molecule has 0 saturated heterocycles. The number of rotatable bonds is 6. The lowest BCUT2D eigenvalue weighted by Crippen LogP contribution is -2.32. The van der Waals surface area contributed by atoms with Gasteiger partial charge in [-0.2, -0.15) is 0 Å². The number of hydrogen-bond acceptors (Lipinski definition) is 7. The number of fused-ring (bicyclic) bond motifs is 1. The van der Waals surface area contributed by atoms with Gasteiger partial charge in [-0.3, -0.25) is 31.3 Å². The molecule has 0 radical (unpaired) electrons. The molecule has 166 valence electrons. The van der Waals surface area contributed by atoms with Gasteiger partial charge in [-0.15, -0.1) is 0 Å². The molecule has 0 aliphatic rings. The van der Waals surface area contributed by atoms with Gasteiger partial charge >= 0.3 is 0 Å². The van der Waals surface area contributed by atoms with Crippen molar-refractivity contribution in [1.82, 2.24) is 20.8 Å². The van der Waals surface area contributed by atoms with Crippen molar-refractivity contribution >= 4 is 63.1 Å². The number of amides is 2. The van der Waals surface area contributed by atoms with Crippen LogP contribution in [0.2, 0.25) is 10.0 Å². The fourth-order valence-corrected chi connectivity index (χ4v) is 3.55. The van der Waals surface area contributed by atoms with Crippen LogP contribution in [0.1, 0.15) is 20.7 Å². The molecule has 0 fully saturated rings. The van der Waals surface area contributed by atoms with E-state index >= 15 is 0 Å². The second kappa shape index (κ2) is 9.60. The average Bonchev–Trinajstić information content (AvgIpc) is 2.82. The fourth-order valence-electron chi connectivity index (χ4n) is 3.06. The van der Waals surface area contributed by atoms with Crippen LogP contribution in [0.3, 0.4) is 0 Å². The van der Waals surface area contributed by atoms with Crippen molar-refractivity contribution in [2.24, 2.45) is 0 Å². The Morgan fingerprint density at radius 3 is 2.12 bits per heavy atom. The number of nitrogens with two attached hydrogens (primary N) is 1. The van der Waals surface area contributed by atoms with Gasteiger partial charge in [0, 0.05) is 10.6 Å². The summed E-state index contributed by atoms with van der Waals surface area (Å²) in [7, 11) is 0. The van der Waals surface area contributed by atoms with Gasteiger partial charge in [0.15, 0.2) is 11.6 Å². The summed E-state index contributed by atoms with van der Waals surface area (Å²) in [6.45, 7) is 0. The third-order valence-electron chi connectivity index (χ3n) is 4.68. The monoisotopic (exact) mass is 481 g/mol. The number of hydrazine groups is 2. The van der Waals surface area contributed by atoms with Gasteiger partial charge in [-0.1, -0.05) is 59.6 Å². The molecule has 6 N–H and O–H groups in total. The highest BCUT2D eigenvalue weighted by molar-refractivity contribution is 6.36. The van der Waals surface area contributed by atoms with Gasteiger partial charge < -0.3 is 5.73 Å². The van der Waals surface area contributed by atoms with Crippen LogP contribution in [0, 0.1) is 0 Å². The van der Waals surface area contributed by atoms with Crippen molar-refractivity contribution in [1.29, 1.82) is 0 Å². The zero-order valence-electron chi connectivity index (χ0n) is 16.9. The van der Waals surface area contributed by atoms with Crippen LogP contribution in [0.4, 0.5) is 17.3 Å². The van der Waals surface area contributed by atoms with Crippen molar-refractivity contribution in [3.8, 4) is 0 Å². The smallest absolute Gasteiger partial charge is 0.271 e. The third-order valence-corrected chi connectivity index (χ3v) is 5.23. The highest BCUT2D eigenvalue weighted by Gasteiger charge is 2.14. The maximum atomic E-state index is 12.7. The Kier molecular flexibility index (Phi) is 6.43. The van der Waals surface area contributed by atoms with Crippen molar-refractivity contribution in [3.05, 3.63) is 88.2 Å². The predicted octanol–water partition coefficient (Wildman–Crippen LogP) is 4.03. The van der Waals surface area contributed by atoms with Crippen LogP contribution in [0.15, 0.2) is 67.0 Å². The van der Waals surface area contributed by atoms with E-state index in [1.54, 1.807) is 18.2 Å². The molecule has 1 aromatic heterocycles. The number of nitrogen functional groups attached to an aromatic ring is 1. The van der Waals surface area contributed by atoms with Crippen LogP contribution in [-0.4, -0.2) is 21.8 Å². The third kappa shape index (κ3) is 4.89. The average molecular weight is 482 g/mol. The Bertz CT molecular complexity index is 1360. The van der Waals surface area contributed by atoms with Gasteiger partial charge in [-0.05, 0) is 35.0 Å². The SMILES string of the molecule is Nc1c(NNC(=O)c2ccc(Cl)cc2Cl)ncnc1NNC(=O)c1cccc2ccccc12. The standard InChI is InChI=1S/C22H17Cl2N7O2/c23-13-8-9-16(17(24)10-13)22(33)31-29-20-18(25)19(26-11-27-20)28-30-21(32)15-7-3-5-12-4-1-2-6-14(12)15/h1-11H,25H2,(H,30,32)(H,31,33)(H2,26,27,28,29). The van der Waals surface area contributed by atoms with E-state index in [0.29, 0.717) is 10.6 Å². The minimum atomic E-state index is -0.520. The Balaban J connectivity index is 1.43. The molecule has 2 amide bonds. The molecule has 1 heterocycles. The summed E-state index contributed by atoms with van der Waals surface area (Å²) in [6, 6.07) is 17.5. The maximum Gasteiger partial charge on any atom is 0.271 e. The van der Waals surface area contributed by atoms with Crippen LogP contribution in [-0.2, 0) is 0 Å². The lowest BCUT2D eigenvalue weighted by atomic mass is 10.0. The summed E-state index contributed by atoms with van der Waals surface area (Å²) >= 11 is 11.9. The largest absolute Gasteiger partial charge is 0.393 e. The van der Waals surface area contributed by atoms with Crippen molar-refractivity contribution in [2.75, 3.05) is 16.6 Å². The first-order valence-corrected chi connectivity index (χ1v) is 10.4. The number of nitrogens with zero attached hydrogens (tertiary/aromatic N) is 2. The number of benzene rings is 3. The first-order valence-electron chi connectivity index (χ1n) is 9.60. The highest BCUT2D eigenvalue weighted by atomic mass is 35.5. The minimum Gasteiger partial charge on any atom is -0.393 e. The first-order chi connectivity index (χ1) is 15.9. The van der Waals surface area contributed by atoms with E-state index in [4.69, 9.17) is 28.9 Å². The Hall–Kier alpha value is -4.08. The summed E-state index contributed by atoms with van der Waals surface area (Å²) in [5, 5.41) is 2.34. The van der Waals surface area contributed by atoms with Gasteiger partial charge in [0.2, 0.25) is 0 Å². The normalized spacial score (nSPS) is 10.5. The van der Waals surface area contributed by atoms with Gasteiger partial charge in [0.05, 0.1) is 10.6 Å². The van der Waals surface area contributed by atoms with E-state index in [1.165, 1.54) is 18.5 Å². The molecule has 0 atom stereocenters. The highest BCUT2D eigenvalue weighted by Crippen LogP contribution is 2.23. The van der Waals surface area contributed by atoms with Crippen LogP contribution in [0.5, 0.6) is 0 Å². The number of hydrogen-bond donors (Lipinski definition) is 5. The van der Waals surface area contributed by atoms with E-state index in [9.17, 15) is 9.59 Å². The molecule has 0 aliphatic heterocycles. The summed E-state index contributed by atoms with van der Waals surface area (Å²) < 4.78 is 0. The zero-order chi connectivity index (χ0) is 23.4. The van der Waals surface area contributed by atoms with Gasteiger partial charge in [0.1, 0.15) is 12.0 Å². The Morgan fingerprint density at radius 1 is 0.788 bits per heavy atom. The van der Waals surface area contributed by atoms with Gasteiger partial charge in [0.25, 0.3) is 11.8 Å². The van der Waals surface area contributed by atoms with Crippen molar-refractivity contribution in [2.45, 2.75) is 0 Å². The predicted molar refractivity (Wildman–Crippen MR) is 129 cm³/mol.